The van der Waals surface area contributed by atoms with Gasteiger partial charge in [-0.1, -0.05) is 137 Å². The number of allylic oxidation sites excluding steroid dienone is 1. The van der Waals surface area contributed by atoms with Gasteiger partial charge in [0.25, 0.3) is 0 Å². The Morgan fingerprint density at radius 3 is 2.16 bits per heavy atom. The van der Waals surface area contributed by atoms with E-state index in [9.17, 15) is 19.0 Å². The Hall–Kier alpha value is -1.45. The summed E-state index contributed by atoms with van der Waals surface area (Å²) in [5.74, 6) is 4.17. The molecule has 0 spiro atoms. The molecular formula is C50H91NO9P+. The molecule has 3 fully saturated rings. The SMILES string of the molecule is CCCCCCCCCCCCCC(=O)OC[C@@H](COP(=O)(O)OCC[N+](C)(C)C)OC(=O)O[C@H]1CC[C@@]2(C)C(=CC[C@H]3[C@@H]4CC[C@H]([C@H](C)CCCC(C)C)[C@@]4(C)CC[C@@H]32)C1. The summed E-state index contributed by atoms with van der Waals surface area (Å²) in [4.78, 5) is 36.5. The molecule has 4 rings (SSSR count). The van der Waals surface area contributed by atoms with Gasteiger partial charge in [0, 0.05) is 12.8 Å². The van der Waals surface area contributed by atoms with Crippen molar-refractivity contribution in [1.29, 1.82) is 0 Å². The Bertz CT molecular complexity index is 1410. The van der Waals surface area contributed by atoms with Crippen LogP contribution in [0.2, 0.25) is 0 Å². The van der Waals surface area contributed by atoms with Gasteiger partial charge in [-0.3, -0.25) is 13.8 Å². The predicted octanol–water partition coefficient (Wildman–Crippen LogP) is 13.0. The van der Waals surface area contributed by atoms with Gasteiger partial charge < -0.3 is 23.6 Å². The summed E-state index contributed by atoms with van der Waals surface area (Å²) >= 11 is 0. The average molecular weight is 881 g/mol. The van der Waals surface area contributed by atoms with Crippen molar-refractivity contribution >= 4 is 19.9 Å². The minimum Gasteiger partial charge on any atom is -0.462 e. The molecule has 1 unspecified atom stereocenters. The first-order valence-electron chi connectivity index (χ1n) is 25.0. The Morgan fingerprint density at radius 1 is 0.836 bits per heavy atom. The highest BCUT2D eigenvalue weighted by molar-refractivity contribution is 7.47. The van der Waals surface area contributed by atoms with Crippen molar-refractivity contribution in [2.24, 2.45) is 46.3 Å². The van der Waals surface area contributed by atoms with E-state index in [1.54, 1.807) is 0 Å². The van der Waals surface area contributed by atoms with Crippen LogP contribution in [-0.2, 0) is 32.6 Å². The number of nitrogens with zero attached hydrogens (tertiary/aromatic N) is 1. The first kappa shape index (κ1) is 52.2. The first-order chi connectivity index (χ1) is 28.9. The first-order valence-corrected chi connectivity index (χ1v) is 26.5. The third kappa shape index (κ3) is 16.5. The van der Waals surface area contributed by atoms with Crippen molar-refractivity contribution in [3.8, 4) is 0 Å². The number of hydrogen-bond donors (Lipinski definition) is 1. The summed E-state index contributed by atoms with van der Waals surface area (Å²) in [5.41, 5.74) is 1.97. The lowest BCUT2D eigenvalue weighted by atomic mass is 9.47. The molecule has 4 aliphatic carbocycles. The van der Waals surface area contributed by atoms with E-state index in [1.165, 1.54) is 102 Å². The Labute approximate surface area is 372 Å². The third-order valence-corrected chi connectivity index (χ3v) is 16.6. The lowest BCUT2D eigenvalue weighted by Crippen LogP contribution is -2.51. The van der Waals surface area contributed by atoms with Crippen LogP contribution >= 0.6 is 7.82 Å². The van der Waals surface area contributed by atoms with Gasteiger partial charge in [0.15, 0.2) is 6.10 Å². The summed E-state index contributed by atoms with van der Waals surface area (Å²) in [6, 6.07) is 0. The van der Waals surface area contributed by atoms with Gasteiger partial charge >= 0.3 is 19.9 Å². The summed E-state index contributed by atoms with van der Waals surface area (Å²) in [5, 5.41) is 0. The standard InChI is InChI=1S/C50H90NO9P/c1-10-11-12-13-14-15-16-17-18-19-20-24-47(52)56-36-42(37-58-61(54,55)57-34-33-51(7,8)9)60-48(53)59-41-29-31-49(5)40(35-41)25-26-43-45-28-27-44(39(4)23-21-22-38(2)3)50(45,6)32-30-46(43)49/h25,38-39,41-46H,10-24,26-37H2,1-9H3/p+1/t39-,41+,42+,43+,44-,45+,46+,49+,50-/m1/s1. The normalized spacial score (nSPS) is 29.4. The highest BCUT2D eigenvalue weighted by atomic mass is 31.2. The van der Waals surface area contributed by atoms with Crippen molar-refractivity contribution in [1.82, 2.24) is 0 Å². The lowest BCUT2D eigenvalue weighted by Gasteiger charge is -2.58. The molecule has 11 heteroatoms. The van der Waals surface area contributed by atoms with Crippen LogP contribution in [0.1, 0.15) is 189 Å². The van der Waals surface area contributed by atoms with Crippen molar-refractivity contribution in [2.45, 2.75) is 201 Å². The minimum atomic E-state index is -4.45. The fourth-order valence-electron chi connectivity index (χ4n) is 12.0. The van der Waals surface area contributed by atoms with Crippen LogP contribution in [0, 0.1) is 46.3 Å². The smallest absolute Gasteiger partial charge is 0.462 e. The number of unbranched alkanes of at least 4 members (excludes halogenated alkanes) is 10. The van der Waals surface area contributed by atoms with E-state index >= 15 is 0 Å². The van der Waals surface area contributed by atoms with E-state index in [0.717, 1.165) is 68.1 Å². The van der Waals surface area contributed by atoms with Gasteiger partial charge in [-0.05, 0) is 97.7 Å². The summed E-state index contributed by atoms with van der Waals surface area (Å²) in [7, 11) is 1.40. The van der Waals surface area contributed by atoms with Crippen molar-refractivity contribution < 1.29 is 46.8 Å². The van der Waals surface area contributed by atoms with Crippen LogP contribution in [0.3, 0.4) is 0 Å². The maximum absolute atomic E-state index is 13.3. The molecule has 0 aromatic rings. The maximum Gasteiger partial charge on any atom is 0.509 e. The van der Waals surface area contributed by atoms with Crippen LogP contribution in [0.15, 0.2) is 11.6 Å². The summed E-state index contributed by atoms with van der Waals surface area (Å²) < 4.78 is 40.9. The van der Waals surface area contributed by atoms with E-state index < -0.39 is 32.7 Å². The van der Waals surface area contributed by atoms with Gasteiger partial charge in [-0.25, -0.2) is 9.36 Å². The van der Waals surface area contributed by atoms with Crippen molar-refractivity contribution in [2.75, 3.05) is 47.5 Å². The van der Waals surface area contributed by atoms with Crippen LogP contribution in [-0.4, -0.2) is 81.2 Å². The zero-order valence-corrected chi connectivity index (χ0v) is 41.3. The Balaban J connectivity index is 1.27. The fourth-order valence-corrected chi connectivity index (χ4v) is 12.7. The highest BCUT2D eigenvalue weighted by Gasteiger charge is 2.59. The molecule has 0 amide bonds. The molecule has 0 radical (unpaired) electrons. The predicted molar refractivity (Wildman–Crippen MR) is 245 cm³/mol. The molecule has 0 saturated heterocycles. The minimum absolute atomic E-state index is 0.00903. The Kier molecular flexibility index (Phi) is 21.2. The van der Waals surface area contributed by atoms with Crippen molar-refractivity contribution in [3.63, 3.8) is 0 Å². The number of ether oxygens (including phenoxy) is 3. The monoisotopic (exact) mass is 881 g/mol. The van der Waals surface area contributed by atoms with E-state index in [0.29, 0.717) is 28.8 Å². The number of carbonyl (C=O) groups is 2. The molecule has 0 bridgehead atoms. The number of likely N-dealkylation sites (N-methyl/N-ethyl adjacent to an activating group) is 1. The fraction of sp³-hybridized carbons (Fsp3) is 0.920. The van der Waals surface area contributed by atoms with Crippen LogP contribution in [0.4, 0.5) is 4.79 Å². The largest absolute Gasteiger partial charge is 0.509 e. The second-order valence-corrected chi connectivity index (χ2v) is 23.3. The van der Waals surface area contributed by atoms with Gasteiger partial charge in [0.2, 0.25) is 0 Å². The average Bonchev–Trinajstić information content (AvgIpc) is 3.54. The number of quaternary nitrogens is 1. The molecular weight excluding hydrogens is 790 g/mol. The van der Waals surface area contributed by atoms with Gasteiger partial charge in [0.1, 0.15) is 25.9 Å². The van der Waals surface area contributed by atoms with E-state index in [2.05, 4.69) is 47.6 Å². The van der Waals surface area contributed by atoms with Gasteiger partial charge in [-0.15, -0.1) is 0 Å². The molecule has 1 N–H and O–H groups in total. The number of phosphoric ester groups is 1. The highest BCUT2D eigenvalue weighted by Crippen LogP contribution is 2.67. The quantitative estimate of drug-likeness (QED) is 0.0269. The molecule has 10 atom stereocenters. The molecule has 4 aliphatic rings. The third-order valence-electron chi connectivity index (χ3n) is 15.6. The van der Waals surface area contributed by atoms with Crippen LogP contribution in [0.25, 0.3) is 0 Å². The zero-order chi connectivity index (χ0) is 44.7. The number of phosphoric acid groups is 1. The number of fused-ring (bicyclic) bond motifs is 5. The number of rotatable bonds is 28. The zero-order valence-electron chi connectivity index (χ0n) is 40.4. The molecule has 0 aromatic carbocycles. The second-order valence-electron chi connectivity index (χ2n) is 21.8. The summed E-state index contributed by atoms with van der Waals surface area (Å²) in [6.45, 7) is 14.3. The lowest BCUT2D eigenvalue weighted by molar-refractivity contribution is -0.870. The molecule has 61 heavy (non-hydrogen) atoms. The summed E-state index contributed by atoms with van der Waals surface area (Å²) in [6.07, 6.45) is 26.3. The molecule has 354 valence electrons. The number of esters is 1. The van der Waals surface area contributed by atoms with Crippen molar-refractivity contribution in [3.05, 3.63) is 11.6 Å². The number of hydrogen-bond acceptors (Lipinski definition) is 8. The van der Waals surface area contributed by atoms with E-state index in [-0.39, 0.29) is 31.2 Å². The van der Waals surface area contributed by atoms with E-state index in [4.69, 9.17) is 23.3 Å². The number of carbonyl (C=O) groups excluding carboxylic acids is 2. The topological polar surface area (TPSA) is 118 Å². The second kappa shape index (κ2) is 24.7. The Morgan fingerprint density at radius 2 is 1.51 bits per heavy atom. The molecule has 10 nitrogen and oxygen atoms in total. The van der Waals surface area contributed by atoms with Crippen LogP contribution < -0.4 is 0 Å². The maximum atomic E-state index is 13.3. The van der Waals surface area contributed by atoms with Crippen LogP contribution in [0.5, 0.6) is 0 Å². The molecule has 0 aliphatic heterocycles. The van der Waals surface area contributed by atoms with Gasteiger partial charge in [-0.2, -0.15) is 0 Å². The molecule has 0 heterocycles. The van der Waals surface area contributed by atoms with E-state index in [1.807, 2.05) is 21.1 Å². The van der Waals surface area contributed by atoms with Gasteiger partial charge in [0.05, 0.1) is 27.7 Å². The molecule has 0 aromatic heterocycles. The molecule has 3 saturated carbocycles.